The van der Waals surface area contributed by atoms with Crippen LogP contribution in [0.4, 0.5) is 0 Å². The average molecular weight is 198 g/mol. The minimum atomic E-state index is 0.448. The van der Waals surface area contributed by atoms with Crippen molar-refractivity contribution >= 4 is 11.5 Å². The first-order chi connectivity index (χ1) is 6.02. The van der Waals surface area contributed by atoms with Gasteiger partial charge in [0, 0.05) is 11.8 Å². The molecule has 0 fully saturated rings. The van der Waals surface area contributed by atoms with Crippen LogP contribution in [0.5, 0.6) is 0 Å². The minimum Gasteiger partial charge on any atom is -0.224 e. The van der Waals surface area contributed by atoms with E-state index in [1.54, 1.807) is 11.5 Å². The summed E-state index contributed by atoms with van der Waals surface area (Å²) < 4.78 is 4.35. The van der Waals surface area contributed by atoms with Crippen LogP contribution in [0.1, 0.15) is 57.3 Å². The van der Waals surface area contributed by atoms with Crippen molar-refractivity contribution in [1.82, 2.24) is 9.36 Å². The summed E-state index contributed by atoms with van der Waals surface area (Å²) in [7, 11) is 0. The second-order valence-corrected chi connectivity index (χ2v) is 4.96. The van der Waals surface area contributed by atoms with Crippen LogP contribution in [0.2, 0.25) is 0 Å². The molecule has 0 aliphatic heterocycles. The number of aromatic nitrogens is 2. The third-order valence-corrected chi connectivity index (χ3v) is 3.29. The Bertz CT molecular complexity index is 266. The van der Waals surface area contributed by atoms with Crippen LogP contribution in [-0.2, 0) is 0 Å². The third kappa shape index (κ3) is 2.50. The first kappa shape index (κ1) is 10.6. The van der Waals surface area contributed by atoms with E-state index in [9.17, 15) is 0 Å². The van der Waals surface area contributed by atoms with E-state index in [-0.39, 0.29) is 0 Å². The first-order valence-electron chi connectivity index (χ1n) is 4.85. The van der Waals surface area contributed by atoms with Crippen LogP contribution in [0.3, 0.4) is 0 Å². The molecular weight excluding hydrogens is 180 g/mol. The molecule has 0 radical (unpaired) electrons. The molecule has 0 bridgehead atoms. The van der Waals surface area contributed by atoms with E-state index in [0.717, 1.165) is 5.82 Å². The predicted octanol–water partition coefficient (Wildman–Crippen LogP) is 3.42. The Morgan fingerprint density at radius 1 is 1.08 bits per heavy atom. The first-order valence-corrected chi connectivity index (χ1v) is 5.63. The molecule has 2 nitrogen and oxygen atoms in total. The Balaban J connectivity index is 2.79. The van der Waals surface area contributed by atoms with Gasteiger partial charge in [-0.1, -0.05) is 34.6 Å². The highest BCUT2D eigenvalue weighted by Crippen LogP contribution is 2.26. The lowest BCUT2D eigenvalue weighted by Gasteiger charge is -2.10. The summed E-state index contributed by atoms with van der Waals surface area (Å²) in [5.41, 5.74) is 0. The van der Waals surface area contributed by atoms with E-state index in [4.69, 9.17) is 0 Å². The maximum atomic E-state index is 4.54. The van der Waals surface area contributed by atoms with E-state index in [0.29, 0.717) is 17.8 Å². The molecule has 0 saturated carbocycles. The molecule has 0 spiro atoms. The number of hydrogen-bond acceptors (Lipinski definition) is 3. The molecule has 1 heterocycles. The van der Waals surface area contributed by atoms with Gasteiger partial charge in [-0.25, -0.2) is 4.98 Å². The van der Waals surface area contributed by atoms with Crippen molar-refractivity contribution in [3.8, 4) is 0 Å². The van der Waals surface area contributed by atoms with E-state index >= 15 is 0 Å². The van der Waals surface area contributed by atoms with Gasteiger partial charge in [-0.05, 0) is 17.5 Å². The van der Waals surface area contributed by atoms with Crippen LogP contribution in [-0.4, -0.2) is 9.36 Å². The van der Waals surface area contributed by atoms with Gasteiger partial charge >= 0.3 is 0 Å². The van der Waals surface area contributed by atoms with Gasteiger partial charge in [-0.3, -0.25) is 0 Å². The van der Waals surface area contributed by atoms with Crippen molar-refractivity contribution in [1.29, 1.82) is 0 Å². The summed E-state index contributed by atoms with van der Waals surface area (Å²) in [4.78, 5) is 4.54. The smallest absolute Gasteiger partial charge is 0.145 e. The Labute approximate surface area is 84.6 Å². The highest BCUT2D eigenvalue weighted by atomic mass is 32.1. The van der Waals surface area contributed by atoms with Crippen molar-refractivity contribution < 1.29 is 0 Å². The summed E-state index contributed by atoms with van der Waals surface area (Å²) in [5.74, 6) is 2.62. The van der Waals surface area contributed by atoms with Gasteiger partial charge < -0.3 is 0 Å². The maximum absolute atomic E-state index is 4.54. The Hall–Kier alpha value is -0.440. The average Bonchev–Trinajstić information content (AvgIpc) is 2.50. The highest BCUT2D eigenvalue weighted by Gasteiger charge is 2.16. The quantitative estimate of drug-likeness (QED) is 0.743. The minimum absolute atomic E-state index is 0.448. The molecule has 1 atom stereocenters. The molecule has 0 aliphatic carbocycles. The molecule has 0 aliphatic rings. The molecule has 0 amide bonds. The summed E-state index contributed by atoms with van der Waals surface area (Å²) in [5, 5.41) is 1.18. The highest BCUT2D eigenvalue weighted by molar-refractivity contribution is 7.05. The molecule has 3 heteroatoms. The summed E-state index contributed by atoms with van der Waals surface area (Å²) in [6.07, 6.45) is 0. The van der Waals surface area contributed by atoms with E-state index in [1.165, 1.54) is 5.01 Å². The Morgan fingerprint density at radius 2 is 1.69 bits per heavy atom. The summed E-state index contributed by atoms with van der Waals surface area (Å²) >= 11 is 1.55. The zero-order chi connectivity index (χ0) is 10.0. The molecule has 1 aromatic rings. The number of rotatable bonds is 3. The van der Waals surface area contributed by atoms with Gasteiger partial charge in [0.25, 0.3) is 0 Å². The lowest BCUT2D eigenvalue weighted by molar-refractivity contribution is 0.531. The van der Waals surface area contributed by atoms with Crippen LogP contribution < -0.4 is 0 Å². The standard InChI is InChI=1S/C10H18N2S/c1-6(2)8(5)10-11-9(7(3)4)12-13-10/h6-8H,1-5H3. The van der Waals surface area contributed by atoms with Gasteiger partial charge in [0.15, 0.2) is 0 Å². The van der Waals surface area contributed by atoms with E-state index in [1.807, 2.05) is 0 Å². The molecule has 0 aromatic carbocycles. The SMILES string of the molecule is CC(C)c1nsc(C(C)C(C)C)n1. The van der Waals surface area contributed by atoms with Crippen LogP contribution in [0, 0.1) is 5.92 Å². The lowest BCUT2D eigenvalue weighted by atomic mass is 9.99. The van der Waals surface area contributed by atoms with Crippen molar-refractivity contribution in [3.05, 3.63) is 10.8 Å². The lowest BCUT2D eigenvalue weighted by Crippen LogP contribution is -2.01. The summed E-state index contributed by atoms with van der Waals surface area (Å²) in [6.45, 7) is 10.9. The van der Waals surface area contributed by atoms with E-state index < -0.39 is 0 Å². The molecule has 1 aromatic heterocycles. The Morgan fingerprint density at radius 3 is 2.08 bits per heavy atom. The normalized spacial score (nSPS) is 14.1. The van der Waals surface area contributed by atoms with Crippen LogP contribution >= 0.6 is 11.5 Å². The fourth-order valence-corrected chi connectivity index (χ4v) is 1.96. The second-order valence-electron chi connectivity index (χ2n) is 4.18. The Kier molecular flexibility index (Phi) is 3.42. The fraction of sp³-hybridized carbons (Fsp3) is 0.800. The zero-order valence-electron chi connectivity index (χ0n) is 9.03. The molecule has 0 saturated heterocycles. The van der Waals surface area contributed by atoms with Crippen molar-refractivity contribution in [2.45, 2.75) is 46.5 Å². The molecular formula is C10H18N2S. The fourth-order valence-electron chi connectivity index (χ4n) is 0.952. The molecule has 1 rings (SSSR count). The van der Waals surface area contributed by atoms with Gasteiger partial charge in [-0.2, -0.15) is 4.37 Å². The van der Waals surface area contributed by atoms with Gasteiger partial charge in [0.05, 0.1) is 0 Å². The topological polar surface area (TPSA) is 25.8 Å². The maximum Gasteiger partial charge on any atom is 0.145 e. The second kappa shape index (κ2) is 4.18. The van der Waals surface area contributed by atoms with Crippen LogP contribution in [0.25, 0.3) is 0 Å². The predicted molar refractivity (Wildman–Crippen MR) is 57.3 cm³/mol. The summed E-state index contributed by atoms with van der Waals surface area (Å²) in [6, 6.07) is 0. The molecule has 0 N–H and O–H groups in total. The van der Waals surface area contributed by atoms with Crippen molar-refractivity contribution in [3.63, 3.8) is 0 Å². The van der Waals surface area contributed by atoms with Gasteiger partial charge in [-0.15, -0.1) is 0 Å². The molecule has 1 unspecified atom stereocenters. The number of nitrogens with zero attached hydrogens (tertiary/aromatic N) is 2. The molecule has 74 valence electrons. The van der Waals surface area contributed by atoms with Gasteiger partial charge in [0.1, 0.15) is 10.8 Å². The van der Waals surface area contributed by atoms with E-state index in [2.05, 4.69) is 44.0 Å². The zero-order valence-corrected chi connectivity index (χ0v) is 9.85. The monoisotopic (exact) mass is 198 g/mol. The third-order valence-electron chi connectivity index (χ3n) is 2.36. The number of hydrogen-bond donors (Lipinski definition) is 0. The largest absolute Gasteiger partial charge is 0.224 e. The van der Waals surface area contributed by atoms with Crippen molar-refractivity contribution in [2.75, 3.05) is 0 Å². The molecule has 13 heavy (non-hydrogen) atoms. The van der Waals surface area contributed by atoms with Crippen molar-refractivity contribution in [2.24, 2.45) is 5.92 Å². The van der Waals surface area contributed by atoms with Crippen LogP contribution in [0.15, 0.2) is 0 Å². The van der Waals surface area contributed by atoms with Gasteiger partial charge in [0.2, 0.25) is 0 Å².